The molecule has 2 aromatic rings. The smallest absolute Gasteiger partial charge is 0.194 e. The molecular formula is C15H10F4O. The van der Waals surface area contributed by atoms with E-state index in [2.05, 4.69) is 0 Å². The van der Waals surface area contributed by atoms with Crippen LogP contribution in [0.5, 0.6) is 0 Å². The van der Waals surface area contributed by atoms with E-state index < -0.39 is 29.1 Å². The first-order chi connectivity index (χ1) is 9.47. The quantitative estimate of drug-likeness (QED) is 0.469. The molecule has 104 valence electrons. The highest BCUT2D eigenvalue weighted by Gasteiger charge is 2.15. The fraction of sp³-hybridized carbons (Fsp3) is 0.133. The molecule has 0 aromatic heterocycles. The Morgan fingerprint density at radius 3 is 2.20 bits per heavy atom. The third kappa shape index (κ3) is 3.23. The Morgan fingerprint density at radius 1 is 0.950 bits per heavy atom. The second kappa shape index (κ2) is 5.86. The van der Waals surface area contributed by atoms with Gasteiger partial charge in [-0.2, -0.15) is 0 Å². The van der Waals surface area contributed by atoms with Gasteiger partial charge in [-0.05, 0) is 36.2 Å². The highest BCUT2D eigenvalue weighted by Crippen LogP contribution is 2.16. The first-order valence-electron chi connectivity index (χ1n) is 5.89. The summed E-state index contributed by atoms with van der Waals surface area (Å²) in [6, 6.07) is 7.02. The van der Waals surface area contributed by atoms with Crippen LogP contribution in [0.4, 0.5) is 17.6 Å². The molecule has 20 heavy (non-hydrogen) atoms. The molecule has 0 radical (unpaired) electrons. The average Bonchev–Trinajstić information content (AvgIpc) is 2.41. The summed E-state index contributed by atoms with van der Waals surface area (Å²) in [5.41, 5.74) is 0.360. The SMILES string of the molecule is O=C(CCc1cccc(F)c1)c1cc(F)c(F)c(F)c1. The van der Waals surface area contributed by atoms with Crippen molar-refractivity contribution in [1.29, 1.82) is 0 Å². The monoisotopic (exact) mass is 282 g/mol. The zero-order chi connectivity index (χ0) is 14.7. The van der Waals surface area contributed by atoms with Crippen LogP contribution >= 0.6 is 0 Å². The van der Waals surface area contributed by atoms with Crippen molar-refractivity contribution < 1.29 is 22.4 Å². The van der Waals surface area contributed by atoms with Gasteiger partial charge < -0.3 is 0 Å². The van der Waals surface area contributed by atoms with Crippen LogP contribution in [0, 0.1) is 23.3 Å². The van der Waals surface area contributed by atoms with Crippen molar-refractivity contribution in [3.63, 3.8) is 0 Å². The van der Waals surface area contributed by atoms with Crippen molar-refractivity contribution in [3.05, 3.63) is 70.8 Å². The summed E-state index contributed by atoms with van der Waals surface area (Å²) in [5, 5.41) is 0. The van der Waals surface area contributed by atoms with Crippen LogP contribution in [0.15, 0.2) is 36.4 Å². The van der Waals surface area contributed by atoms with Gasteiger partial charge in [0.05, 0.1) is 0 Å². The first kappa shape index (κ1) is 14.2. The third-order valence-corrected chi connectivity index (χ3v) is 2.84. The number of ketones is 1. The molecule has 0 unspecified atom stereocenters. The molecule has 2 aromatic carbocycles. The number of halogens is 4. The van der Waals surface area contributed by atoms with Crippen LogP contribution in [-0.2, 0) is 6.42 Å². The number of hydrogen-bond acceptors (Lipinski definition) is 1. The largest absolute Gasteiger partial charge is 0.294 e. The van der Waals surface area contributed by atoms with Crippen LogP contribution < -0.4 is 0 Å². The van der Waals surface area contributed by atoms with Crippen molar-refractivity contribution in [2.75, 3.05) is 0 Å². The summed E-state index contributed by atoms with van der Waals surface area (Å²) in [7, 11) is 0. The number of hydrogen-bond donors (Lipinski definition) is 0. The van der Waals surface area contributed by atoms with Gasteiger partial charge >= 0.3 is 0 Å². The van der Waals surface area contributed by atoms with Gasteiger partial charge in [-0.3, -0.25) is 4.79 Å². The van der Waals surface area contributed by atoms with Crippen LogP contribution in [-0.4, -0.2) is 5.78 Å². The maximum atomic E-state index is 13.0. The van der Waals surface area contributed by atoms with Crippen LogP contribution in [0.1, 0.15) is 22.3 Å². The molecule has 0 spiro atoms. The standard InChI is InChI=1S/C15H10F4O/c16-11-3-1-2-9(6-11)4-5-14(20)10-7-12(17)15(19)13(18)8-10/h1-3,6-8H,4-5H2. The highest BCUT2D eigenvalue weighted by molar-refractivity contribution is 5.96. The second-order valence-corrected chi connectivity index (χ2v) is 4.31. The Labute approximate surface area is 112 Å². The zero-order valence-corrected chi connectivity index (χ0v) is 10.3. The molecular weight excluding hydrogens is 272 g/mol. The Morgan fingerprint density at radius 2 is 1.60 bits per heavy atom. The lowest BCUT2D eigenvalue weighted by Crippen LogP contribution is -2.04. The number of aryl methyl sites for hydroxylation is 1. The highest BCUT2D eigenvalue weighted by atomic mass is 19.2. The molecule has 0 N–H and O–H groups in total. The van der Waals surface area contributed by atoms with E-state index in [4.69, 9.17) is 0 Å². The van der Waals surface area contributed by atoms with Crippen LogP contribution in [0.3, 0.4) is 0 Å². The summed E-state index contributed by atoms with van der Waals surface area (Å²) in [6.45, 7) is 0. The minimum absolute atomic E-state index is 0.0477. The molecule has 0 saturated heterocycles. The van der Waals surface area contributed by atoms with Crippen molar-refractivity contribution in [2.24, 2.45) is 0 Å². The third-order valence-electron chi connectivity index (χ3n) is 2.84. The summed E-state index contributed by atoms with van der Waals surface area (Å²) in [4.78, 5) is 11.8. The van der Waals surface area contributed by atoms with Crippen molar-refractivity contribution in [1.82, 2.24) is 0 Å². The minimum Gasteiger partial charge on any atom is -0.294 e. The van der Waals surface area contributed by atoms with Crippen molar-refractivity contribution >= 4 is 5.78 Å². The van der Waals surface area contributed by atoms with Gasteiger partial charge in [0.2, 0.25) is 0 Å². The van der Waals surface area contributed by atoms with Crippen molar-refractivity contribution in [3.8, 4) is 0 Å². The van der Waals surface area contributed by atoms with E-state index in [1.807, 2.05) is 0 Å². The molecule has 0 amide bonds. The predicted octanol–water partition coefficient (Wildman–Crippen LogP) is 4.06. The maximum Gasteiger partial charge on any atom is 0.194 e. The van der Waals surface area contributed by atoms with Gasteiger partial charge in [0.1, 0.15) is 5.82 Å². The first-order valence-corrected chi connectivity index (χ1v) is 5.89. The van der Waals surface area contributed by atoms with E-state index >= 15 is 0 Å². The van der Waals surface area contributed by atoms with Crippen LogP contribution in [0.2, 0.25) is 0 Å². The Balaban J connectivity index is 2.09. The van der Waals surface area contributed by atoms with E-state index in [9.17, 15) is 22.4 Å². The van der Waals surface area contributed by atoms with Crippen molar-refractivity contribution in [2.45, 2.75) is 12.8 Å². The molecule has 1 nitrogen and oxygen atoms in total. The van der Waals surface area contributed by atoms with Gasteiger partial charge in [0.15, 0.2) is 23.2 Å². The molecule has 0 aliphatic heterocycles. The van der Waals surface area contributed by atoms with Gasteiger partial charge in [-0.1, -0.05) is 12.1 Å². The topological polar surface area (TPSA) is 17.1 Å². The van der Waals surface area contributed by atoms with E-state index in [0.29, 0.717) is 17.7 Å². The molecule has 5 heteroatoms. The van der Waals surface area contributed by atoms with Gasteiger partial charge in [-0.15, -0.1) is 0 Å². The number of rotatable bonds is 4. The fourth-order valence-electron chi connectivity index (χ4n) is 1.81. The van der Waals surface area contributed by atoms with E-state index in [1.54, 1.807) is 6.07 Å². The lowest BCUT2D eigenvalue weighted by atomic mass is 10.0. The van der Waals surface area contributed by atoms with Crippen LogP contribution in [0.25, 0.3) is 0 Å². The molecule has 2 rings (SSSR count). The Hall–Kier alpha value is -2.17. The fourth-order valence-corrected chi connectivity index (χ4v) is 1.81. The molecule has 0 saturated carbocycles. The summed E-state index contributed by atoms with van der Waals surface area (Å²) in [6.07, 6.45) is 0.186. The van der Waals surface area contributed by atoms with E-state index in [-0.39, 0.29) is 18.4 Å². The minimum atomic E-state index is -1.60. The van der Waals surface area contributed by atoms with E-state index in [1.165, 1.54) is 18.2 Å². The maximum absolute atomic E-state index is 13.0. The molecule has 0 bridgehead atoms. The van der Waals surface area contributed by atoms with E-state index in [0.717, 1.165) is 0 Å². The van der Waals surface area contributed by atoms with Gasteiger partial charge in [0.25, 0.3) is 0 Å². The number of carbonyl (C=O) groups excluding carboxylic acids is 1. The Kier molecular flexibility index (Phi) is 4.17. The van der Waals surface area contributed by atoms with Gasteiger partial charge in [0, 0.05) is 12.0 Å². The number of benzene rings is 2. The summed E-state index contributed by atoms with van der Waals surface area (Å²) in [5.74, 6) is -5.37. The summed E-state index contributed by atoms with van der Waals surface area (Å²) >= 11 is 0. The molecule has 0 heterocycles. The molecule has 0 aliphatic rings. The molecule has 0 aliphatic carbocycles. The molecule has 0 fully saturated rings. The normalized spacial score (nSPS) is 10.6. The summed E-state index contributed by atoms with van der Waals surface area (Å²) < 4.78 is 51.7. The lowest BCUT2D eigenvalue weighted by molar-refractivity contribution is 0.0981. The average molecular weight is 282 g/mol. The number of carbonyl (C=O) groups is 1. The Bertz CT molecular complexity index is 629. The lowest BCUT2D eigenvalue weighted by Gasteiger charge is -2.04. The van der Waals surface area contributed by atoms with Gasteiger partial charge in [-0.25, -0.2) is 17.6 Å². The number of Topliss-reactive ketones (excluding diaryl/α,β-unsaturated/α-hetero) is 1. The zero-order valence-electron chi connectivity index (χ0n) is 10.3. The second-order valence-electron chi connectivity index (χ2n) is 4.31. The molecule has 0 atom stereocenters. The predicted molar refractivity (Wildman–Crippen MR) is 65.4 cm³/mol.